The van der Waals surface area contributed by atoms with Crippen LogP contribution in [0, 0.1) is 0 Å². The van der Waals surface area contributed by atoms with E-state index < -0.39 is 60.8 Å². The summed E-state index contributed by atoms with van der Waals surface area (Å²) in [6, 6.07) is 0. The molecule has 17 nitrogen and oxygen atoms in total. The Bertz CT molecular complexity index is 708. The summed E-state index contributed by atoms with van der Waals surface area (Å²) in [6.45, 7) is 0. The molecular weight excluding hydrogens is 454 g/mol. The van der Waals surface area contributed by atoms with E-state index in [1.807, 2.05) is 0 Å². The molecule has 0 aromatic carbocycles. The Morgan fingerprint density at radius 2 is 0.818 bits per heavy atom. The minimum absolute atomic E-state index is 0.128. The van der Waals surface area contributed by atoms with E-state index in [0.717, 1.165) is 0 Å². The van der Waals surface area contributed by atoms with Gasteiger partial charge in [0.05, 0.1) is 5.92 Å². The maximum atomic E-state index is 11.1. The van der Waals surface area contributed by atoms with Crippen LogP contribution >= 0.6 is 0 Å². The molecule has 1 aromatic heterocycles. The zero-order chi connectivity index (χ0) is 25.3. The van der Waals surface area contributed by atoms with Crippen LogP contribution in [-0.4, -0.2) is 120 Å². The van der Waals surface area contributed by atoms with Gasteiger partial charge in [0.25, 0.3) is 0 Å². The molecular formula is C16H19N5O12. The van der Waals surface area contributed by atoms with Crippen LogP contribution in [-0.2, 0) is 28.8 Å². The molecule has 1 aromatic rings. The van der Waals surface area contributed by atoms with Crippen molar-refractivity contribution < 1.29 is 59.4 Å². The number of aliphatic hydroxyl groups excluding tert-OH is 6. The molecule has 0 aliphatic heterocycles. The van der Waals surface area contributed by atoms with Crippen molar-refractivity contribution in [2.75, 3.05) is 9.80 Å². The van der Waals surface area contributed by atoms with Crippen molar-refractivity contribution >= 4 is 49.6 Å². The van der Waals surface area contributed by atoms with Crippen molar-refractivity contribution in [1.82, 2.24) is 15.0 Å². The highest BCUT2D eigenvalue weighted by Crippen LogP contribution is 2.26. The monoisotopic (exact) mass is 473 g/mol. The third kappa shape index (κ3) is 6.22. The molecule has 6 N–H and O–H groups in total. The first kappa shape index (κ1) is 27.4. The molecule has 0 amide bonds. The van der Waals surface area contributed by atoms with Gasteiger partial charge in [0.1, 0.15) is 30.6 Å². The summed E-state index contributed by atoms with van der Waals surface area (Å²) in [5, 5.41) is 59.3. The van der Waals surface area contributed by atoms with Gasteiger partial charge >= 0.3 is 0 Å². The summed E-state index contributed by atoms with van der Waals surface area (Å²) in [7, 11) is 0. The molecule has 0 spiro atoms. The quantitative estimate of drug-likeness (QED) is 0.102. The number of carbonyl (C=O) groups excluding carboxylic acids is 6. The summed E-state index contributed by atoms with van der Waals surface area (Å²) in [5.41, 5.74) is 0. The first-order valence-corrected chi connectivity index (χ1v) is 8.74. The third-order valence-electron chi connectivity index (χ3n) is 4.03. The predicted octanol–water partition coefficient (Wildman–Crippen LogP) is -6.24. The van der Waals surface area contributed by atoms with Gasteiger partial charge in [-0.3, -0.25) is 29.0 Å². The molecule has 0 aliphatic carbocycles. The second-order valence-corrected chi connectivity index (χ2v) is 6.09. The second-order valence-electron chi connectivity index (χ2n) is 6.09. The van der Waals surface area contributed by atoms with Crippen molar-refractivity contribution in [2.45, 2.75) is 43.0 Å². The van der Waals surface area contributed by atoms with E-state index in [1.165, 1.54) is 0 Å². The van der Waals surface area contributed by atoms with E-state index >= 15 is 0 Å². The highest BCUT2D eigenvalue weighted by molar-refractivity contribution is 5.71. The molecule has 0 bridgehead atoms. The number of nitrogens with zero attached hydrogens (tertiary/aromatic N) is 5. The molecule has 6 unspecified atom stereocenters. The van der Waals surface area contributed by atoms with E-state index in [0.29, 0.717) is 0 Å². The average Bonchev–Trinajstić information content (AvgIpc) is 2.83. The Kier molecular flexibility index (Phi) is 10.3. The predicted molar refractivity (Wildman–Crippen MR) is 100.0 cm³/mol. The first-order chi connectivity index (χ1) is 15.6. The molecule has 1 rings (SSSR count). The van der Waals surface area contributed by atoms with Crippen molar-refractivity contribution in [3.8, 4) is 0 Å². The topological polar surface area (TPSA) is 269 Å². The van der Waals surface area contributed by atoms with Gasteiger partial charge in [-0.15, -0.1) is 0 Å². The number of aldehydes is 6. The highest BCUT2D eigenvalue weighted by atomic mass is 16.3. The maximum absolute atomic E-state index is 11.1. The molecule has 6 atom stereocenters. The molecule has 0 radical (unpaired) electrons. The van der Waals surface area contributed by atoms with Gasteiger partial charge in [0, 0.05) is 0 Å². The van der Waals surface area contributed by atoms with Crippen LogP contribution in [0.4, 0.5) is 11.9 Å². The van der Waals surface area contributed by atoms with E-state index in [-0.39, 0.29) is 47.5 Å². The van der Waals surface area contributed by atoms with Crippen LogP contribution in [0.2, 0.25) is 0 Å². The lowest BCUT2D eigenvalue weighted by Crippen LogP contribution is -2.49. The number of hydrogen-bond acceptors (Lipinski definition) is 17. The number of anilines is 2. The van der Waals surface area contributed by atoms with Crippen LogP contribution in [0.25, 0.3) is 0 Å². The summed E-state index contributed by atoms with van der Waals surface area (Å²) < 4.78 is 0. The molecule has 0 fully saturated rings. The third-order valence-corrected chi connectivity index (χ3v) is 4.03. The van der Waals surface area contributed by atoms with Crippen LogP contribution in [0.15, 0.2) is 0 Å². The van der Waals surface area contributed by atoms with E-state index in [4.69, 9.17) is 0 Å². The zero-order valence-electron chi connectivity index (χ0n) is 16.4. The zero-order valence-corrected chi connectivity index (χ0v) is 16.4. The standard InChI is InChI=1S/C16H19N5O12/c22-1-7(28)13(8(29)2-23)14-17-15(20(9(30)3-24)10(31)4-25)19-16(18-14)21(11(32)5-26)12(33)6-27/h1-13,28-33H. The molecule has 0 aliphatic rings. The van der Waals surface area contributed by atoms with Crippen molar-refractivity contribution in [3.05, 3.63) is 5.82 Å². The van der Waals surface area contributed by atoms with Gasteiger partial charge < -0.3 is 40.2 Å². The minimum Gasteiger partial charge on any atom is -0.385 e. The van der Waals surface area contributed by atoms with Gasteiger partial charge in [0.15, 0.2) is 50.1 Å². The second kappa shape index (κ2) is 12.4. The summed E-state index contributed by atoms with van der Waals surface area (Å²) in [4.78, 5) is 77.5. The minimum atomic E-state index is -2.31. The average molecular weight is 473 g/mol. The Morgan fingerprint density at radius 3 is 1.06 bits per heavy atom. The summed E-state index contributed by atoms with van der Waals surface area (Å²) in [5.74, 6) is -4.85. The number of rotatable bonds is 15. The fraction of sp³-hybridized carbons (Fsp3) is 0.438. The Hall–Kier alpha value is -3.61. The molecule has 180 valence electrons. The van der Waals surface area contributed by atoms with Crippen LogP contribution in [0.3, 0.4) is 0 Å². The van der Waals surface area contributed by atoms with Crippen LogP contribution in [0.1, 0.15) is 11.7 Å². The Morgan fingerprint density at radius 1 is 0.515 bits per heavy atom. The molecule has 1 heterocycles. The smallest absolute Gasteiger partial charge is 0.235 e. The summed E-state index contributed by atoms with van der Waals surface area (Å²) >= 11 is 0. The maximum Gasteiger partial charge on any atom is 0.235 e. The van der Waals surface area contributed by atoms with Gasteiger partial charge in [-0.2, -0.15) is 15.0 Å². The number of aromatic nitrogens is 3. The van der Waals surface area contributed by atoms with Gasteiger partial charge in [-0.1, -0.05) is 0 Å². The van der Waals surface area contributed by atoms with E-state index in [9.17, 15) is 59.4 Å². The van der Waals surface area contributed by atoms with Gasteiger partial charge in [-0.25, -0.2) is 0 Å². The lowest BCUT2D eigenvalue weighted by Gasteiger charge is -2.31. The van der Waals surface area contributed by atoms with Crippen LogP contribution in [0.5, 0.6) is 0 Å². The number of hydrogen-bond donors (Lipinski definition) is 6. The number of carbonyl (C=O) groups is 6. The van der Waals surface area contributed by atoms with Crippen LogP contribution < -0.4 is 9.80 Å². The first-order valence-electron chi connectivity index (χ1n) is 8.74. The van der Waals surface area contributed by atoms with Gasteiger partial charge in [0.2, 0.25) is 11.9 Å². The normalized spacial score (nSPS) is 17.3. The van der Waals surface area contributed by atoms with Gasteiger partial charge in [-0.05, 0) is 0 Å². The molecule has 33 heavy (non-hydrogen) atoms. The fourth-order valence-corrected chi connectivity index (χ4v) is 2.47. The lowest BCUT2D eigenvalue weighted by atomic mass is 9.96. The fourth-order valence-electron chi connectivity index (χ4n) is 2.47. The van der Waals surface area contributed by atoms with Crippen molar-refractivity contribution in [2.24, 2.45) is 0 Å². The highest BCUT2D eigenvalue weighted by Gasteiger charge is 2.36. The Balaban J connectivity index is 3.99. The molecule has 0 saturated heterocycles. The molecule has 0 saturated carbocycles. The SMILES string of the molecule is O=CC(O)C(c1nc(N(C(O)C=O)C(O)C=O)nc(N(C(O)C=O)C(O)C=O)n1)C(O)C=O. The van der Waals surface area contributed by atoms with Crippen molar-refractivity contribution in [3.63, 3.8) is 0 Å². The van der Waals surface area contributed by atoms with E-state index in [1.54, 1.807) is 0 Å². The number of aliphatic hydroxyl groups is 6. The van der Waals surface area contributed by atoms with E-state index in [2.05, 4.69) is 15.0 Å². The summed E-state index contributed by atoms with van der Waals surface area (Å²) in [6.07, 6.45) is -14.6. The van der Waals surface area contributed by atoms with Crippen molar-refractivity contribution in [1.29, 1.82) is 0 Å². The largest absolute Gasteiger partial charge is 0.385 e. The Labute approximate surface area is 183 Å². The lowest BCUT2D eigenvalue weighted by molar-refractivity contribution is -0.122. The molecule has 17 heteroatoms.